The van der Waals surface area contributed by atoms with E-state index >= 15 is 0 Å². The van der Waals surface area contributed by atoms with Crippen molar-refractivity contribution < 1.29 is 4.79 Å². The molecule has 78 valence electrons. The van der Waals surface area contributed by atoms with Crippen LogP contribution in [0.3, 0.4) is 0 Å². The number of carbonyl (C=O) groups is 1. The molecule has 0 radical (unpaired) electrons. The van der Waals surface area contributed by atoms with Gasteiger partial charge in [0.2, 0.25) is 0 Å². The van der Waals surface area contributed by atoms with E-state index in [0.717, 1.165) is 24.1 Å². The number of rotatable bonds is 6. The zero-order valence-corrected chi connectivity index (χ0v) is 9.35. The van der Waals surface area contributed by atoms with Crippen molar-refractivity contribution in [3.8, 4) is 0 Å². The highest BCUT2D eigenvalue weighted by molar-refractivity contribution is 7.10. The van der Waals surface area contributed by atoms with Crippen molar-refractivity contribution in [3.05, 3.63) is 22.4 Å². The summed E-state index contributed by atoms with van der Waals surface area (Å²) in [6.07, 6.45) is 3.84. The molecule has 2 nitrogen and oxygen atoms in total. The summed E-state index contributed by atoms with van der Waals surface area (Å²) >= 11 is 1.55. The second-order valence-electron chi connectivity index (χ2n) is 3.42. The molecule has 1 rings (SSSR count). The van der Waals surface area contributed by atoms with Crippen LogP contribution in [-0.4, -0.2) is 5.78 Å². The van der Waals surface area contributed by atoms with Crippen molar-refractivity contribution in [2.45, 2.75) is 38.6 Å². The van der Waals surface area contributed by atoms with Gasteiger partial charge >= 0.3 is 0 Å². The third-order valence-electron chi connectivity index (χ3n) is 2.22. The van der Waals surface area contributed by atoms with Gasteiger partial charge in [0.1, 0.15) is 0 Å². The fourth-order valence-electron chi connectivity index (χ4n) is 1.33. The Morgan fingerprint density at radius 1 is 1.57 bits per heavy atom. The van der Waals surface area contributed by atoms with Crippen molar-refractivity contribution in [1.29, 1.82) is 0 Å². The number of thiophene rings is 1. The lowest BCUT2D eigenvalue weighted by molar-refractivity contribution is -0.120. The molecule has 0 saturated heterocycles. The predicted octanol–water partition coefficient (Wildman–Crippen LogP) is 2.90. The Kier molecular flexibility index (Phi) is 4.84. The fraction of sp³-hybridized carbons (Fsp3) is 0.545. The van der Waals surface area contributed by atoms with Crippen LogP contribution in [-0.2, 0) is 4.79 Å². The number of nitrogens with two attached hydrogens (primary N) is 1. The Bertz CT molecular complexity index is 269. The van der Waals surface area contributed by atoms with Crippen LogP contribution in [0, 0.1) is 0 Å². The molecule has 3 heteroatoms. The summed E-state index contributed by atoms with van der Waals surface area (Å²) in [6.45, 7) is 2.13. The van der Waals surface area contributed by atoms with E-state index in [2.05, 4.69) is 6.92 Å². The second kappa shape index (κ2) is 5.94. The van der Waals surface area contributed by atoms with E-state index in [-0.39, 0.29) is 5.78 Å². The summed E-state index contributed by atoms with van der Waals surface area (Å²) in [5.74, 6) is 0.167. The van der Waals surface area contributed by atoms with Gasteiger partial charge in [0, 0.05) is 11.3 Å². The Morgan fingerprint density at radius 3 is 2.93 bits per heavy atom. The summed E-state index contributed by atoms with van der Waals surface area (Å²) in [7, 11) is 0. The minimum absolute atomic E-state index is 0.167. The molecule has 0 bridgehead atoms. The van der Waals surface area contributed by atoms with Crippen LogP contribution in [0.5, 0.6) is 0 Å². The van der Waals surface area contributed by atoms with Gasteiger partial charge in [0.05, 0.1) is 6.04 Å². The fourth-order valence-corrected chi connectivity index (χ4v) is 2.08. The smallest absolute Gasteiger partial charge is 0.154 e. The average molecular weight is 211 g/mol. The molecule has 0 spiro atoms. The first-order valence-corrected chi connectivity index (χ1v) is 5.95. The molecule has 1 aromatic heterocycles. The minimum Gasteiger partial charge on any atom is -0.317 e. The number of hydrogen-bond acceptors (Lipinski definition) is 3. The molecule has 0 aliphatic heterocycles. The second-order valence-corrected chi connectivity index (χ2v) is 4.40. The zero-order valence-electron chi connectivity index (χ0n) is 8.53. The molecule has 1 unspecified atom stereocenters. The standard InChI is InChI=1S/C11H17NOS/c1-2-3-4-6-9(13)11(12)10-7-5-8-14-10/h5,7-8,11H,2-4,6,12H2,1H3. The highest BCUT2D eigenvalue weighted by atomic mass is 32.1. The van der Waals surface area contributed by atoms with Gasteiger partial charge in [-0.15, -0.1) is 11.3 Å². The SMILES string of the molecule is CCCCCC(=O)C(N)c1cccs1. The van der Waals surface area contributed by atoms with E-state index in [4.69, 9.17) is 5.73 Å². The van der Waals surface area contributed by atoms with Gasteiger partial charge in [-0.2, -0.15) is 0 Å². The number of Topliss-reactive ketones (excluding diaryl/α,β-unsaturated/α-hetero) is 1. The molecule has 0 fully saturated rings. The zero-order chi connectivity index (χ0) is 10.4. The predicted molar refractivity (Wildman–Crippen MR) is 60.4 cm³/mol. The lowest BCUT2D eigenvalue weighted by Gasteiger charge is -2.07. The van der Waals surface area contributed by atoms with Gasteiger partial charge in [-0.25, -0.2) is 0 Å². The van der Waals surface area contributed by atoms with Crippen molar-refractivity contribution in [1.82, 2.24) is 0 Å². The van der Waals surface area contributed by atoms with E-state index in [9.17, 15) is 4.79 Å². The molecular weight excluding hydrogens is 194 g/mol. The monoisotopic (exact) mass is 211 g/mol. The highest BCUT2D eigenvalue weighted by Gasteiger charge is 2.15. The molecular formula is C11H17NOS. The molecule has 1 atom stereocenters. The maximum atomic E-state index is 11.6. The van der Waals surface area contributed by atoms with Crippen LogP contribution < -0.4 is 5.73 Å². The molecule has 14 heavy (non-hydrogen) atoms. The summed E-state index contributed by atoms with van der Waals surface area (Å²) in [4.78, 5) is 12.6. The third kappa shape index (κ3) is 3.24. The molecule has 0 saturated carbocycles. The first kappa shape index (κ1) is 11.4. The van der Waals surface area contributed by atoms with E-state index in [0.29, 0.717) is 6.42 Å². The molecule has 0 aliphatic carbocycles. The van der Waals surface area contributed by atoms with Crippen LogP contribution in [0.15, 0.2) is 17.5 Å². The van der Waals surface area contributed by atoms with Gasteiger partial charge < -0.3 is 5.73 Å². The Labute approximate surface area is 89.1 Å². The van der Waals surface area contributed by atoms with Crippen LogP contribution in [0.4, 0.5) is 0 Å². The van der Waals surface area contributed by atoms with Crippen LogP contribution >= 0.6 is 11.3 Å². The van der Waals surface area contributed by atoms with Crippen LogP contribution in [0.2, 0.25) is 0 Å². The Balaban J connectivity index is 2.37. The summed E-state index contributed by atoms with van der Waals surface area (Å²) in [6, 6.07) is 3.46. The quantitative estimate of drug-likeness (QED) is 0.735. The van der Waals surface area contributed by atoms with Crippen molar-refractivity contribution in [2.75, 3.05) is 0 Å². The summed E-state index contributed by atoms with van der Waals surface area (Å²) in [5.41, 5.74) is 5.83. The van der Waals surface area contributed by atoms with Gasteiger partial charge in [-0.05, 0) is 17.9 Å². The maximum absolute atomic E-state index is 11.6. The summed E-state index contributed by atoms with van der Waals surface area (Å²) in [5, 5.41) is 1.95. The van der Waals surface area contributed by atoms with Gasteiger partial charge in [-0.1, -0.05) is 25.8 Å². The van der Waals surface area contributed by atoms with Crippen molar-refractivity contribution in [2.24, 2.45) is 5.73 Å². The largest absolute Gasteiger partial charge is 0.317 e. The van der Waals surface area contributed by atoms with Gasteiger partial charge in [0.25, 0.3) is 0 Å². The first-order chi connectivity index (χ1) is 6.75. The molecule has 0 amide bonds. The lowest BCUT2D eigenvalue weighted by Crippen LogP contribution is -2.20. The molecule has 2 N–H and O–H groups in total. The first-order valence-electron chi connectivity index (χ1n) is 5.07. The number of unbranched alkanes of at least 4 members (excludes halogenated alkanes) is 2. The number of hydrogen-bond donors (Lipinski definition) is 1. The Morgan fingerprint density at radius 2 is 2.36 bits per heavy atom. The van der Waals surface area contributed by atoms with E-state index < -0.39 is 6.04 Å². The van der Waals surface area contributed by atoms with Crippen LogP contribution in [0.1, 0.15) is 43.5 Å². The minimum atomic E-state index is -0.396. The molecule has 0 aliphatic rings. The number of carbonyl (C=O) groups excluding carboxylic acids is 1. The maximum Gasteiger partial charge on any atom is 0.154 e. The highest BCUT2D eigenvalue weighted by Crippen LogP contribution is 2.19. The van der Waals surface area contributed by atoms with E-state index in [1.165, 1.54) is 0 Å². The average Bonchev–Trinajstić information content (AvgIpc) is 2.69. The summed E-state index contributed by atoms with van der Waals surface area (Å²) < 4.78 is 0. The Hall–Kier alpha value is -0.670. The van der Waals surface area contributed by atoms with Gasteiger partial charge in [0.15, 0.2) is 5.78 Å². The lowest BCUT2D eigenvalue weighted by atomic mass is 10.1. The number of ketones is 1. The third-order valence-corrected chi connectivity index (χ3v) is 3.18. The van der Waals surface area contributed by atoms with Crippen molar-refractivity contribution in [3.63, 3.8) is 0 Å². The van der Waals surface area contributed by atoms with Crippen LogP contribution in [0.25, 0.3) is 0 Å². The van der Waals surface area contributed by atoms with Gasteiger partial charge in [-0.3, -0.25) is 4.79 Å². The molecule has 1 heterocycles. The molecule has 0 aromatic carbocycles. The topological polar surface area (TPSA) is 43.1 Å². The van der Waals surface area contributed by atoms with E-state index in [1.54, 1.807) is 11.3 Å². The molecule has 1 aromatic rings. The van der Waals surface area contributed by atoms with E-state index in [1.807, 2.05) is 17.5 Å². The van der Waals surface area contributed by atoms with Crippen molar-refractivity contribution >= 4 is 17.1 Å². The normalized spacial score (nSPS) is 12.7.